The molecule has 1 heterocycles. The van der Waals surface area contributed by atoms with Gasteiger partial charge in [-0.05, 0) is 80.2 Å². The lowest BCUT2D eigenvalue weighted by Crippen LogP contribution is -2.44. The molecule has 0 saturated carbocycles. The van der Waals surface area contributed by atoms with Gasteiger partial charge in [0.15, 0.2) is 5.78 Å². The van der Waals surface area contributed by atoms with Gasteiger partial charge in [0.05, 0.1) is 7.11 Å². The molecule has 4 rings (SSSR count). The Morgan fingerprint density at radius 2 is 1.45 bits per heavy atom. The minimum atomic E-state index is -0.987. The Morgan fingerprint density at radius 3 is 1.97 bits per heavy atom. The standard InChI is InChI=1S/C29H33NO3/c1-33-27-16-14-23(15-17-27)28(31)13-8-20-30-21-18-26(19-22-30)29(32,24-9-4-2-5-10-24)25-11-6-3-7-12-25/h2-7,9-12,14-17,26,32H,8,13,18-22H2,1H3. The second-order valence-corrected chi connectivity index (χ2v) is 8.87. The zero-order valence-corrected chi connectivity index (χ0v) is 19.3. The number of aliphatic hydroxyl groups is 1. The summed E-state index contributed by atoms with van der Waals surface area (Å²) in [6, 6.07) is 27.4. The lowest BCUT2D eigenvalue weighted by Gasteiger charge is -2.42. The van der Waals surface area contributed by atoms with Gasteiger partial charge in [-0.2, -0.15) is 0 Å². The van der Waals surface area contributed by atoms with Crippen LogP contribution in [0.4, 0.5) is 0 Å². The number of carbonyl (C=O) groups excluding carboxylic acids is 1. The lowest BCUT2D eigenvalue weighted by atomic mass is 9.72. The average molecular weight is 444 g/mol. The van der Waals surface area contributed by atoms with Crippen molar-refractivity contribution in [2.45, 2.75) is 31.3 Å². The number of likely N-dealkylation sites (tertiary alicyclic amines) is 1. The van der Waals surface area contributed by atoms with Crippen LogP contribution >= 0.6 is 0 Å². The van der Waals surface area contributed by atoms with E-state index in [9.17, 15) is 9.90 Å². The van der Waals surface area contributed by atoms with Crippen molar-refractivity contribution in [3.8, 4) is 5.75 Å². The largest absolute Gasteiger partial charge is 0.497 e. The van der Waals surface area contributed by atoms with E-state index in [-0.39, 0.29) is 11.7 Å². The van der Waals surface area contributed by atoms with Gasteiger partial charge in [-0.25, -0.2) is 0 Å². The van der Waals surface area contributed by atoms with Crippen LogP contribution in [0.25, 0.3) is 0 Å². The highest BCUT2D eigenvalue weighted by molar-refractivity contribution is 5.96. The number of hydrogen-bond acceptors (Lipinski definition) is 4. The Bertz CT molecular complexity index is 970. The van der Waals surface area contributed by atoms with Crippen LogP contribution in [0.2, 0.25) is 0 Å². The first-order valence-electron chi connectivity index (χ1n) is 11.8. The summed E-state index contributed by atoms with van der Waals surface area (Å²) in [4.78, 5) is 14.9. The van der Waals surface area contributed by atoms with Crippen LogP contribution in [-0.4, -0.2) is 42.5 Å². The summed E-state index contributed by atoms with van der Waals surface area (Å²) in [5.41, 5.74) is 1.67. The summed E-state index contributed by atoms with van der Waals surface area (Å²) in [6.07, 6.45) is 3.24. The maximum atomic E-state index is 12.5. The summed E-state index contributed by atoms with van der Waals surface area (Å²) in [5, 5.41) is 12.0. The molecule has 3 aromatic rings. The highest BCUT2D eigenvalue weighted by Gasteiger charge is 2.41. The van der Waals surface area contributed by atoms with Gasteiger partial charge in [0, 0.05) is 12.0 Å². The second kappa shape index (κ2) is 10.8. The van der Waals surface area contributed by atoms with Gasteiger partial charge in [0.1, 0.15) is 11.4 Å². The minimum absolute atomic E-state index is 0.152. The van der Waals surface area contributed by atoms with Crippen LogP contribution < -0.4 is 4.74 Å². The van der Waals surface area contributed by atoms with Crippen molar-refractivity contribution < 1.29 is 14.6 Å². The predicted molar refractivity (Wildman–Crippen MR) is 132 cm³/mol. The molecule has 1 fully saturated rings. The molecule has 1 saturated heterocycles. The summed E-state index contributed by atoms with van der Waals surface area (Å²) >= 11 is 0. The molecule has 0 spiro atoms. The number of rotatable bonds is 9. The molecule has 0 atom stereocenters. The average Bonchev–Trinajstić information content (AvgIpc) is 2.89. The van der Waals surface area contributed by atoms with Gasteiger partial charge < -0.3 is 14.7 Å². The minimum Gasteiger partial charge on any atom is -0.497 e. The highest BCUT2D eigenvalue weighted by atomic mass is 16.5. The molecule has 0 bridgehead atoms. The molecular formula is C29H33NO3. The second-order valence-electron chi connectivity index (χ2n) is 8.87. The van der Waals surface area contributed by atoms with Crippen molar-refractivity contribution in [2.24, 2.45) is 5.92 Å². The molecule has 0 aromatic heterocycles. The fourth-order valence-electron chi connectivity index (χ4n) is 4.98. The van der Waals surface area contributed by atoms with Crippen LogP contribution in [0, 0.1) is 5.92 Å². The summed E-state index contributed by atoms with van der Waals surface area (Å²) < 4.78 is 5.16. The molecule has 172 valence electrons. The number of ether oxygens (including phenoxy) is 1. The molecule has 33 heavy (non-hydrogen) atoms. The first-order chi connectivity index (χ1) is 16.1. The topological polar surface area (TPSA) is 49.8 Å². The number of ketones is 1. The predicted octanol–water partition coefficient (Wildman–Crippen LogP) is 5.31. The SMILES string of the molecule is COc1ccc(C(=O)CCCN2CCC(C(O)(c3ccccc3)c3ccccc3)CC2)cc1. The van der Waals surface area contributed by atoms with Gasteiger partial charge in [-0.3, -0.25) is 4.79 Å². The maximum absolute atomic E-state index is 12.5. The van der Waals surface area contributed by atoms with E-state index in [4.69, 9.17) is 4.74 Å². The van der Waals surface area contributed by atoms with Crippen LogP contribution in [0.15, 0.2) is 84.9 Å². The fraction of sp³-hybridized carbons (Fsp3) is 0.345. The molecule has 0 unspecified atom stereocenters. The normalized spacial score (nSPS) is 15.3. The van der Waals surface area contributed by atoms with Crippen molar-refractivity contribution in [2.75, 3.05) is 26.7 Å². The van der Waals surface area contributed by atoms with E-state index in [1.54, 1.807) is 7.11 Å². The fourth-order valence-corrected chi connectivity index (χ4v) is 4.98. The quantitative estimate of drug-likeness (QED) is 0.456. The third-order valence-electron chi connectivity index (χ3n) is 6.90. The van der Waals surface area contributed by atoms with Crippen LogP contribution in [0.5, 0.6) is 5.75 Å². The number of carbonyl (C=O) groups is 1. The van der Waals surface area contributed by atoms with E-state index in [0.29, 0.717) is 6.42 Å². The first-order valence-corrected chi connectivity index (χ1v) is 11.8. The highest BCUT2D eigenvalue weighted by Crippen LogP contribution is 2.41. The Balaban J connectivity index is 1.34. The summed E-state index contributed by atoms with van der Waals surface area (Å²) in [7, 11) is 1.63. The van der Waals surface area contributed by atoms with E-state index in [1.807, 2.05) is 84.9 Å². The van der Waals surface area contributed by atoms with Crippen LogP contribution in [0.3, 0.4) is 0 Å². The van der Waals surface area contributed by atoms with Crippen molar-refractivity contribution in [3.63, 3.8) is 0 Å². The lowest BCUT2D eigenvalue weighted by molar-refractivity contribution is -0.0142. The Morgan fingerprint density at radius 1 is 0.909 bits per heavy atom. The summed E-state index contributed by atoms with van der Waals surface area (Å²) in [6.45, 7) is 2.77. The van der Waals surface area contributed by atoms with Gasteiger partial charge in [0.25, 0.3) is 0 Å². The zero-order chi connectivity index (χ0) is 23.1. The van der Waals surface area contributed by atoms with Gasteiger partial charge in [-0.15, -0.1) is 0 Å². The number of benzene rings is 3. The molecule has 1 aliphatic rings. The molecule has 0 radical (unpaired) electrons. The van der Waals surface area contributed by atoms with Crippen molar-refractivity contribution in [1.82, 2.24) is 4.90 Å². The van der Waals surface area contributed by atoms with Crippen molar-refractivity contribution >= 4 is 5.78 Å². The van der Waals surface area contributed by atoms with E-state index in [1.165, 1.54) is 0 Å². The van der Waals surface area contributed by atoms with Gasteiger partial charge in [0.2, 0.25) is 0 Å². The molecule has 4 nitrogen and oxygen atoms in total. The molecular weight excluding hydrogens is 410 g/mol. The summed E-state index contributed by atoms with van der Waals surface area (Å²) in [5.74, 6) is 1.09. The molecule has 4 heteroatoms. The smallest absolute Gasteiger partial charge is 0.162 e. The van der Waals surface area contributed by atoms with E-state index in [0.717, 1.165) is 61.3 Å². The maximum Gasteiger partial charge on any atom is 0.162 e. The van der Waals surface area contributed by atoms with E-state index >= 15 is 0 Å². The van der Waals surface area contributed by atoms with Gasteiger partial charge in [-0.1, -0.05) is 60.7 Å². The molecule has 3 aromatic carbocycles. The molecule has 1 aliphatic heterocycles. The third-order valence-corrected chi connectivity index (χ3v) is 6.90. The monoisotopic (exact) mass is 443 g/mol. The van der Waals surface area contributed by atoms with Crippen molar-refractivity contribution in [3.05, 3.63) is 102 Å². The number of piperidine rings is 1. The molecule has 1 N–H and O–H groups in total. The number of Topliss-reactive ketones (excluding diaryl/α,β-unsaturated/α-hetero) is 1. The Labute approximate surface area is 196 Å². The molecule has 0 amide bonds. The number of methoxy groups -OCH3 is 1. The van der Waals surface area contributed by atoms with Crippen LogP contribution in [-0.2, 0) is 5.60 Å². The molecule has 0 aliphatic carbocycles. The Kier molecular flexibility index (Phi) is 7.58. The first kappa shape index (κ1) is 23.2. The Hall–Kier alpha value is -2.95. The van der Waals surface area contributed by atoms with E-state index in [2.05, 4.69) is 4.90 Å². The zero-order valence-electron chi connectivity index (χ0n) is 19.3. The third kappa shape index (κ3) is 5.35. The number of hydrogen-bond donors (Lipinski definition) is 1. The van der Waals surface area contributed by atoms with E-state index < -0.39 is 5.60 Å². The van der Waals surface area contributed by atoms with Gasteiger partial charge >= 0.3 is 0 Å². The van der Waals surface area contributed by atoms with Crippen LogP contribution in [0.1, 0.15) is 47.2 Å². The number of nitrogens with zero attached hydrogens (tertiary/aromatic N) is 1. The van der Waals surface area contributed by atoms with Crippen molar-refractivity contribution in [1.29, 1.82) is 0 Å².